The van der Waals surface area contributed by atoms with Crippen LogP contribution in [0, 0.1) is 30.6 Å². The van der Waals surface area contributed by atoms with Gasteiger partial charge in [-0.2, -0.15) is 31.4 Å². The van der Waals surface area contributed by atoms with Crippen molar-refractivity contribution in [3.63, 3.8) is 0 Å². The molecule has 3 fully saturated rings. The number of nitrogens with one attached hydrogen (secondary N) is 1. The largest absolute Gasteiger partial charge is 0.504 e. The van der Waals surface area contributed by atoms with Crippen LogP contribution in [-0.2, 0) is 36.9 Å². The summed E-state index contributed by atoms with van der Waals surface area (Å²) in [7, 11) is 1.33. The van der Waals surface area contributed by atoms with Crippen molar-refractivity contribution in [2.45, 2.75) is 43.5 Å². The monoisotopic (exact) mass is 789 g/mol. The molecule has 4 amide bonds. The topological polar surface area (TPSA) is 116 Å². The number of allylic oxidation sites excluding steroid dienone is 2. The van der Waals surface area contributed by atoms with Gasteiger partial charge in [0.05, 0.1) is 52.8 Å². The van der Waals surface area contributed by atoms with Crippen LogP contribution in [-0.4, -0.2) is 40.9 Å². The Hall–Kier alpha value is -6.12. The number of imide groups is 2. The molecule has 0 radical (unpaired) electrons. The van der Waals surface area contributed by atoms with Gasteiger partial charge in [0.15, 0.2) is 11.5 Å². The number of rotatable bonds is 6. The van der Waals surface area contributed by atoms with Crippen LogP contribution in [0.4, 0.5) is 37.7 Å². The van der Waals surface area contributed by atoms with Crippen molar-refractivity contribution < 1.29 is 55.4 Å². The lowest BCUT2D eigenvalue weighted by atomic mass is 9.49. The van der Waals surface area contributed by atoms with E-state index >= 15 is 4.79 Å². The number of benzene rings is 4. The predicted molar refractivity (Wildman–Crippen MR) is 192 cm³/mol. The van der Waals surface area contributed by atoms with Crippen molar-refractivity contribution in [3.8, 4) is 11.5 Å². The maximum Gasteiger partial charge on any atom is 0.416 e. The quantitative estimate of drug-likeness (QED) is 0.116. The molecule has 1 saturated carbocycles. The molecule has 0 spiro atoms. The number of fused-ring (bicyclic) bond motifs is 4. The van der Waals surface area contributed by atoms with E-state index in [1.807, 2.05) is 6.92 Å². The van der Waals surface area contributed by atoms with Crippen molar-refractivity contribution >= 4 is 35.0 Å². The van der Waals surface area contributed by atoms with E-state index in [1.54, 1.807) is 72.8 Å². The third-order valence-corrected chi connectivity index (χ3v) is 11.8. The Balaban J connectivity index is 1.31. The molecule has 57 heavy (non-hydrogen) atoms. The Kier molecular flexibility index (Phi) is 8.78. The van der Waals surface area contributed by atoms with Crippen LogP contribution in [0.5, 0.6) is 11.5 Å². The van der Waals surface area contributed by atoms with Crippen LogP contribution in [0.3, 0.4) is 0 Å². The van der Waals surface area contributed by atoms with Crippen LogP contribution < -0.4 is 15.1 Å². The number of amides is 4. The van der Waals surface area contributed by atoms with Gasteiger partial charge in [-0.1, -0.05) is 71.8 Å². The van der Waals surface area contributed by atoms with E-state index in [0.717, 1.165) is 10.6 Å². The molecule has 0 bridgehead atoms. The minimum absolute atomic E-state index is 0.0402. The standard InChI is InChI=1S/C42H33F6N3O6/c1-21-11-13-25(14-12-21)49-51-37(54)31-20-30-27(34(29-9-6-10-32(57-2)35(29)52)40(31,39(51)56)22-7-4-3-5-8-22)15-16-28-33(30)38(55)50(36(28)53)26-18-23(41(43,44)45)17-24(19-26)42(46,47)48/h3-15,17-19,28,30-31,33-34,49,52H,16,20H2,1-2H3/t28-,30+,31-,33-,34+,40+/m0/s1. The molecule has 4 aromatic rings. The second-order valence-corrected chi connectivity index (χ2v) is 14.8. The smallest absolute Gasteiger partial charge is 0.416 e. The van der Waals surface area contributed by atoms with Gasteiger partial charge in [0.1, 0.15) is 0 Å². The lowest BCUT2D eigenvalue weighted by Gasteiger charge is -2.50. The van der Waals surface area contributed by atoms with Crippen molar-refractivity contribution in [2.75, 3.05) is 17.4 Å². The van der Waals surface area contributed by atoms with Crippen LogP contribution in [0.2, 0.25) is 0 Å². The summed E-state index contributed by atoms with van der Waals surface area (Å²) in [6, 6.07) is 20.6. The van der Waals surface area contributed by atoms with Gasteiger partial charge in [-0.05, 0) is 67.6 Å². The number of hydrazine groups is 1. The van der Waals surface area contributed by atoms with E-state index in [0.29, 0.717) is 33.9 Å². The Bertz CT molecular complexity index is 2330. The molecule has 2 saturated heterocycles. The Morgan fingerprint density at radius 1 is 0.789 bits per heavy atom. The number of carbonyl (C=O) groups excluding carboxylic acids is 4. The first-order valence-electron chi connectivity index (χ1n) is 18.0. The summed E-state index contributed by atoms with van der Waals surface area (Å²) in [6.07, 6.45) is -9.22. The number of anilines is 2. The highest BCUT2D eigenvalue weighted by atomic mass is 19.4. The summed E-state index contributed by atoms with van der Waals surface area (Å²) in [5, 5.41) is 12.7. The number of aromatic hydroxyl groups is 1. The normalized spacial score (nSPS) is 25.9. The highest BCUT2D eigenvalue weighted by molar-refractivity contribution is 6.22. The molecule has 9 nitrogen and oxygen atoms in total. The van der Waals surface area contributed by atoms with Gasteiger partial charge in [0.25, 0.3) is 11.8 Å². The van der Waals surface area contributed by atoms with E-state index in [1.165, 1.54) is 13.2 Å². The summed E-state index contributed by atoms with van der Waals surface area (Å²) in [6.45, 7) is 1.86. The van der Waals surface area contributed by atoms with Gasteiger partial charge in [-0.3, -0.25) is 24.6 Å². The SMILES string of the molecule is COc1cccc([C@H]2C3=CC[C@@H]4C(=O)N(c5cc(C(F)(F)F)cc(C(F)(F)F)c5)C(=O)[C@@H]4[C@@H]3C[C@H]3C(=O)N(Nc4ccc(C)cc4)C(=O)[C@@]23c2ccccc2)c1O. The molecule has 2 aliphatic carbocycles. The van der Waals surface area contributed by atoms with Crippen molar-refractivity contribution in [1.82, 2.24) is 5.01 Å². The first-order valence-corrected chi connectivity index (χ1v) is 18.0. The van der Waals surface area contributed by atoms with Crippen molar-refractivity contribution in [1.29, 1.82) is 0 Å². The number of ether oxygens (including phenoxy) is 1. The molecule has 4 aliphatic rings. The number of aryl methyl sites for hydroxylation is 1. The molecule has 0 aromatic heterocycles. The van der Waals surface area contributed by atoms with Gasteiger partial charge in [0, 0.05) is 11.5 Å². The number of para-hydroxylation sites is 1. The summed E-state index contributed by atoms with van der Waals surface area (Å²) in [5.41, 5.74) is -0.791. The van der Waals surface area contributed by atoms with Crippen LogP contribution in [0.25, 0.3) is 0 Å². The minimum Gasteiger partial charge on any atom is -0.504 e. The maximum atomic E-state index is 15.3. The second-order valence-electron chi connectivity index (χ2n) is 14.8. The molecular formula is C42H33F6N3O6. The summed E-state index contributed by atoms with van der Waals surface area (Å²) >= 11 is 0. The number of carbonyl (C=O) groups is 4. The number of hydrogen-bond acceptors (Lipinski definition) is 7. The average Bonchev–Trinajstić information content (AvgIpc) is 3.56. The molecule has 0 unspecified atom stereocenters. The fourth-order valence-corrected chi connectivity index (χ4v) is 9.35. The van der Waals surface area contributed by atoms with Crippen molar-refractivity contribution in [2.24, 2.45) is 23.7 Å². The molecule has 4 aromatic carbocycles. The maximum absolute atomic E-state index is 15.3. The van der Waals surface area contributed by atoms with Crippen LogP contribution >= 0.6 is 0 Å². The summed E-state index contributed by atoms with van der Waals surface area (Å²) in [4.78, 5) is 59.0. The molecule has 2 heterocycles. The van der Waals surface area contributed by atoms with Gasteiger partial charge in [-0.15, -0.1) is 0 Å². The highest BCUT2D eigenvalue weighted by Gasteiger charge is 2.70. The molecular weight excluding hydrogens is 756 g/mol. The Morgan fingerprint density at radius 3 is 2.05 bits per heavy atom. The Labute approximate surface area is 321 Å². The highest BCUT2D eigenvalue weighted by Crippen LogP contribution is 2.65. The number of methoxy groups -OCH3 is 1. The lowest BCUT2D eigenvalue weighted by molar-refractivity contribution is -0.143. The molecule has 294 valence electrons. The van der Waals surface area contributed by atoms with E-state index in [9.17, 15) is 45.8 Å². The summed E-state index contributed by atoms with van der Waals surface area (Å²) < 4.78 is 89.0. The molecule has 2 aliphatic heterocycles. The van der Waals surface area contributed by atoms with E-state index in [4.69, 9.17) is 4.74 Å². The molecule has 2 N–H and O–H groups in total. The minimum atomic E-state index is -5.24. The number of hydrogen-bond donors (Lipinski definition) is 2. The molecule has 6 atom stereocenters. The molecule has 8 rings (SSSR count). The third kappa shape index (κ3) is 5.76. The number of halogens is 6. The van der Waals surface area contributed by atoms with Gasteiger partial charge < -0.3 is 9.84 Å². The lowest BCUT2D eigenvalue weighted by Crippen LogP contribution is -2.53. The number of nitrogens with zero attached hydrogens (tertiary/aromatic N) is 2. The second kappa shape index (κ2) is 13.2. The predicted octanol–water partition coefficient (Wildman–Crippen LogP) is 7.94. The zero-order valence-electron chi connectivity index (χ0n) is 30.2. The van der Waals surface area contributed by atoms with E-state index in [-0.39, 0.29) is 36.0 Å². The first-order chi connectivity index (χ1) is 27.0. The average molecular weight is 790 g/mol. The zero-order chi connectivity index (χ0) is 40.8. The third-order valence-electron chi connectivity index (χ3n) is 11.8. The number of phenols is 1. The van der Waals surface area contributed by atoms with Gasteiger partial charge in [-0.25, -0.2) is 4.90 Å². The van der Waals surface area contributed by atoms with Gasteiger partial charge in [0.2, 0.25) is 11.8 Å². The fourth-order valence-electron chi connectivity index (χ4n) is 9.35. The van der Waals surface area contributed by atoms with Crippen LogP contribution in [0.1, 0.15) is 46.6 Å². The van der Waals surface area contributed by atoms with E-state index in [2.05, 4.69) is 5.43 Å². The number of alkyl halides is 6. The van der Waals surface area contributed by atoms with Crippen LogP contribution in [0.15, 0.2) is 103 Å². The molecule has 15 heteroatoms. The number of phenolic OH excluding ortho intramolecular Hbond substituents is 1. The fraction of sp³-hybridized carbons (Fsp3) is 0.286. The first kappa shape index (κ1) is 37.8. The van der Waals surface area contributed by atoms with Gasteiger partial charge >= 0.3 is 12.4 Å². The summed E-state index contributed by atoms with van der Waals surface area (Å²) in [5.74, 6) is -9.70. The Morgan fingerprint density at radius 2 is 1.44 bits per heavy atom. The van der Waals surface area contributed by atoms with Crippen molar-refractivity contribution in [3.05, 3.63) is 130 Å². The van der Waals surface area contributed by atoms with E-state index < -0.39 is 87.8 Å². The zero-order valence-corrected chi connectivity index (χ0v) is 30.2.